The summed E-state index contributed by atoms with van der Waals surface area (Å²) in [4.78, 5) is 22.6. The molecular formula is C19H23N5O3. The molecule has 0 radical (unpaired) electrons. The van der Waals surface area contributed by atoms with Crippen molar-refractivity contribution in [2.45, 2.75) is 45.1 Å². The number of hydrogen-bond acceptors (Lipinski definition) is 6. The molecule has 4 rings (SSSR count). The van der Waals surface area contributed by atoms with E-state index in [1.54, 1.807) is 17.4 Å². The summed E-state index contributed by atoms with van der Waals surface area (Å²) in [5, 5.41) is 4.13. The molecule has 142 valence electrons. The first-order valence-electron chi connectivity index (χ1n) is 9.13. The molecule has 0 bridgehead atoms. The van der Waals surface area contributed by atoms with Crippen LogP contribution in [0.25, 0.3) is 16.9 Å². The molecule has 0 unspecified atom stereocenters. The Labute approximate surface area is 157 Å². The van der Waals surface area contributed by atoms with E-state index in [1.807, 2.05) is 43.5 Å². The van der Waals surface area contributed by atoms with E-state index >= 15 is 0 Å². The van der Waals surface area contributed by atoms with Gasteiger partial charge in [0.05, 0.1) is 18.0 Å². The number of hydrogen-bond donors (Lipinski definition) is 0. The van der Waals surface area contributed by atoms with E-state index in [4.69, 9.17) is 9.26 Å². The number of carbonyl (C=O) groups is 1. The topological polar surface area (TPSA) is 85.8 Å². The minimum atomic E-state index is -0.480. The molecular weight excluding hydrogens is 346 g/mol. The Balaban J connectivity index is 1.41. The normalized spacial score (nSPS) is 16.0. The van der Waals surface area contributed by atoms with E-state index in [0.717, 1.165) is 23.9 Å². The quantitative estimate of drug-likeness (QED) is 0.687. The van der Waals surface area contributed by atoms with E-state index in [2.05, 4.69) is 15.1 Å². The molecule has 0 aliphatic carbocycles. The van der Waals surface area contributed by atoms with Crippen LogP contribution in [-0.2, 0) is 4.74 Å². The standard InChI is InChI=1S/C19H23N5O3/c1-19(2,3)26-18(25)23-8-6-13(7-9-23)17-21-16(22-27-17)14-4-5-15-10-20-12-24(15)11-14/h4-5,10-13H,6-9H2,1-3H3. The van der Waals surface area contributed by atoms with Crippen LogP contribution in [-0.4, -0.2) is 49.2 Å². The number of imidazole rings is 1. The second kappa shape index (κ2) is 6.68. The van der Waals surface area contributed by atoms with Crippen LogP contribution in [0, 0.1) is 0 Å². The molecule has 0 saturated carbocycles. The number of fused-ring (bicyclic) bond motifs is 1. The highest BCUT2D eigenvalue weighted by atomic mass is 16.6. The molecule has 1 aliphatic heterocycles. The average Bonchev–Trinajstić information content (AvgIpc) is 3.29. The Morgan fingerprint density at radius 3 is 2.78 bits per heavy atom. The van der Waals surface area contributed by atoms with Crippen molar-refractivity contribution in [3.63, 3.8) is 0 Å². The molecule has 4 heterocycles. The summed E-state index contributed by atoms with van der Waals surface area (Å²) in [6.07, 6.45) is 6.77. The highest BCUT2D eigenvalue weighted by Gasteiger charge is 2.30. The van der Waals surface area contributed by atoms with Crippen LogP contribution in [0.3, 0.4) is 0 Å². The molecule has 0 aromatic carbocycles. The van der Waals surface area contributed by atoms with Crippen molar-refractivity contribution in [1.29, 1.82) is 0 Å². The second-order valence-electron chi connectivity index (χ2n) is 7.84. The summed E-state index contributed by atoms with van der Waals surface area (Å²) < 4.78 is 12.9. The fraction of sp³-hybridized carbons (Fsp3) is 0.474. The van der Waals surface area contributed by atoms with Gasteiger partial charge >= 0.3 is 6.09 Å². The van der Waals surface area contributed by atoms with Crippen LogP contribution in [0.5, 0.6) is 0 Å². The zero-order valence-electron chi connectivity index (χ0n) is 15.8. The largest absolute Gasteiger partial charge is 0.444 e. The summed E-state index contributed by atoms with van der Waals surface area (Å²) in [5.74, 6) is 1.34. The predicted octanol–water partition coefficient (Wildman–Crippen LogP) is 3.50. The molecule has 27 heavy (non-hydrogen) atoms. The third-order valence-electron chi connectivity index (χ3n) is 4.60. The van der Waals surface area contributed by atoms with E-state index in [9.17, 15) is 4.79 Å². The number of amides is 1. The molecule has 1 amide bonds. The Bertz CT molecular complexity index is 948. The minimum absolute atomic E-state index is 0.155. The van der Waals surface area contributed by atoms with Crippen molar-refractivity contribution < 1.29 is 14.1 Å². The van der Waals surface area contributed by atoms with Gasteiger partial charge in [-0.2, -0.15) is 4.98 Å². The molecule has 0 spiro atoms. The van der Waals surface area contributed by atoms with Gasteiger partial charge in [-0.25, -0.2) is 9.78 Å². The van der Waals surface area contributed by atoms with Crippen LogP contribution >= 0.6 is 0 Å². The number of nitrogens with zero attached hydrogens (tertiary/aromatic N) is 5. The second-order valence-corrected chi connectivity index (χ2v) is 7.84. The van der Waals surface area contributed by atoms with Gasteiger partial charge in [0.1, 0.15) is 5.60 Å². The summed E-state index contributed by atoms with van der Waals surface area (Å²) in [5.41, 5.74) is 1.41. The predicted molar refractivity (Wildman–Crippen MR) is 98.3 cm³/mol. The number of ether oxygens (including phenoxy) is 1. The molecule has 1 aliphatic rings. The van der Waals surface area contributed by atoms with Gasteiger partial charge in [0.25, 0.3) is 0 Å². The molecule has 0 atom stereocenters. The SMILES string of the molecule is CC(C)(C)OC(=O)N1CCC(c2nc(-c3ccc4cncn4c3)no2)CC1. The fourth-order valence-electron chi connectivity index (χ4n) is 3.21. The van der Waals surface area contributed by atoms with Gasteiger partial charge in [-0.05, 0) is 45.7 Å². The summed E-state index contributed by atoms with van der Waals surface area (Å²) >= 11 is 0. The number of carbonyl (C=O) groups excluding carboxylic acids is 1. The number of pyridine rings is 1. The Kier molecular flexibility index (Phi) is 4.33. The van der Waals surface area contributed by atoms with E-state index in [1.165, 1.54) is 0 Å². The molecule has 1 fully saturated rings. The first kappa shape index (κ1) is 17.5. The van der Waals surface area contributed by atoms with Gasteiger partial charge in [-0.15, -0.1) is 0 Å². The molecule has 8 heteroatoms. The highest BCUT2D eigenvalue weighted by Crippen LogP contribution is 2.29. The Morgan fingerprint density at radius 2 is 2.04 bits per heavy atom. The van der Waals surface area contributed by atoms with Gasteiger partial charge < -0.3 is 18.6 Å². The molecule has 1 saturated heterocycles. The lowest BCUT2D eigenvalue weighted by molar-refractivity contribution is 0.0198. The van der Waals surface area contributed by atoms with E-state index in [-0.39, 0.29) is 12.0 Å². The molecule has 3 aromatic heterocycles. The van der Waals surface area contributed by atoms with Crippen LogP contribution in [0.1, 0.15) is 45.4 Å². The maximum atomic E-state index is 12.2. The van der Waals surface area contributed by atoms with Gasteiger partial charge in [-0.3, -0.25) is 0 Å². The number of piperidine rings is 1. The highest BCUT2D eigenvalue weighted by molar-refractivity contribution is 5.68. The van der Waals surface area contributed by atoms with Crippen molar-refractivity contribution in [2.75, 3.05) is 13.1 Å². The first-order chi connectivity index (χ1) is 12.9. The monoisotopic (exact) mass is 369 g/mol. The van der Waals surface area contributed by atoms with Crippen molar-refractivity contribution >= 4 is 11.6 Å². The molecule has 3 aromatic rings. The number of rotatable bonds is 2. The van der Waals surface area contributed by atoms with E-state index < -0.39 is 5.60 Å². The van der Waals surface area contributed by atoms with Crippen LogP contribution in [0.4, 0.5) is 4.79 Å². The van der Waals surface area contributed by atoms with Crippen LogP contribution in [0.2, 0.25) is 0 Å². The van der Waals surface area contributed by atoms with Gasteiger partial charge in [-0.1, -0.05) is 5.16 Å². The molecule has 0 N–H and O–H groups in total. The summed E-state index contributed by atoms with van der Waals surface area (Å²) in [6.45, 7) is 6.87. The minimum Gasteiger partial charge on any atom is -0.444 e. The van der Waals surface area contributed by atoms with Crippen LogP contribution in [0.15, 0.2) is 35.4 Å². The van der Waals surface area contributed by atoms with Gasteiger partial charge in [0.2, 0.25) is 11.7 Å². The molecule has 8 nitrogen and oxygen atoms in total. The lowest BCUT2D eigenvalue weighted by atomic mass is 9.97. The number of aromatic nitrogens is 4. The third-order valence-corrected chi connectivity index (χ3v) is 4.60. The summed E-state index contributed by atoms with van der Waals surface area (Å²) in [7, 11) is 0. The van der Waals surface area contributed by atoms with Gasteiger partial charge in [0.15, 0.2) is 0 Å². The van der Waals surface area contributed by atoms with Crippen molar-refractivity contribution in [3.05, 3.63) is 36.7 Å². The fourth-order valence-corrected chi connectivity index (χ4v) is 3.21. The zero-order valence-corrected chi connectivity index (χ0v) is 15.8. The maximum absolute atomic E-state index is 12.2. The van der Waals surface area contributed by atoms with Gasteiger partial charge in [0, 0.05) is 30.8 Å². The smallest absolute Gasteiger partial charge is 0.410 e. The Morgan fingerprint density at radius 1 is 1.26 bits per heavy atom. The van der Waals surface area contributed by atoms with Crippen molar-refractivity contribution in [3.8, 4) is 11.4 Å². The van der Waals surface area contributed by atoms with Crippen molar-refractivity contribution in [2.24, 2.45) is 0 Å². The third kappa shape index (κ3) is 3.79. The van der Waals surface area contributed by atoms with Crippen molar-refractivity contribution in [1.82, 2.24) is 24.4 Å². The lowest BCUT2D eigenvalue weighted by Crippen LogP contribution is -2.41. The first-order valence-corrected chi connectivity index (χ1v) is 9.13. The lowest BCUT2D eigenvalue weighted by Gasteiger charge is -2.32. The Hall–Kier alpha value is -2.90. The maximum Gasteiger partial charge on any atom is 0.410 e. The summed E-state index contributed by atoms with van der Waals surface area (Å²) in [6, 6.07) is 3.93. The zero-order chi connectivity index (χ0) is 19.0. The number of likely N-dealkylation sites (tertiary alicyclic amines) is 1. The van der Waals surface area contributed by atoms with Crippen LogP contribution < -0.4 is 0 Å². The average molecular weight is 369 g/mol. The van der Waals surface area contributed by atoms with E-state index in [0.29, 0.717) is 24.8 Å².